The maximum Gasteiger partial charge on any atom is 0.305 e. The van der Waals surface area contributed by atoms with Crippen molar-refractivity contribution in [1.29, 1.82) is 0 Å². The highest BCUT2D eigenvalue weighted by Crippen LogP contribution is 2.17. The van der Waals surface area contributed by atoms with Gasteiger partial charge in [-0.3, -0.25) is 9.59 Å². The number of carbonyl (C=O) groups excluding carboxylic acids is 2. The van der Waals surface area contributed by atoms with Gasteiger partial charge in [-0.25, -0.2) is 0 Å². The molecule has 0 spiro atoms. The number of aliphatic hydroxyl groups is 2. The lowest BCUT2D eigenvalue weighted by Crippen LogP contribution is -2.45. The van der Waals surface area contributed by atoms with Crippen LogP contribution in [0.15, 0.2) is 36.5 Å². The van der Waals surface area contributed by atoms with Crippen LogP contribution in [0.4, 0.5) is 0 Å². The zero-order chi connectivity index (χ0) is 52.2. The number of amides is 1. The van der Waals surface area contributed by atoms with Crippen molar-refractivity contribution in [2.24, 2.45) is 0 Å². The summed E-state index contributed by atoms with van der Waals surface area (Å²) in [5.74, 6) is -0.0351. The van der Waals surface area contributed by atoms with Gasteiger partial charge in [-0.1, -0.05) is 288 Å². The molecule has 0 saturated heterocycles. The highest BCUT2D eigenvalue weighted by atomic mass is 16.5. The first-order valence-electron chi connectivity index (χ1n) is 32.2. The van der Waals surface area contributed by atoms with Crippen molar-refractivity contribution in [2.75, 3.05) is 13.2 Å². The molecular formula is C66H125NO5. The van der Waals surface area contributed by atoms with Crippen molar-refractivity contribution in [3.05, 3.63) is 36.5 Å². The van der Waals surface area contributed by atoms with E-state index in [2.05, 4.69) is 55.6 Å². The Balaban J connectivity index is 3.38. The number of nitrogens with one attached hydrogen (secondary N) is 1. The van der Waals surface area contributed by atoms with Gasteiger partial charge >= 0.3 is 5.97 Å². The van der Waals surface area contributed by atoms with Crippen molar-refractivity contribution in [3.63, 3.8) is 0 Å². The molecule has 0 rings (SSSR count). The summed E-state index contributed by atoms with van der Waals surface area (Å²) in [7, 11) is 0. The third-order valence-electron chi connectivity index (χ3n) is 14.9. The van der Waals surface area contributed by atoms with E-state index in [-0.39, 0.29) is 18.5 Å². The van der Waals surface area contributed by atoms with Crippen LogP contribution in [-0.2, 0) is 14.3 Å². The quantitative estimate of drug-likeness (QED) is 0.0320. The molecule has 2 atom stereocenters. The van der Waals surface area contributed by atoms with Crippen LogP contribution in [0.3, 0.4) is 0 Å². The molecule has 0 aliphatic rings. The molecule has 6 nitrogen and oxygen atoms in total. The first-order chi connectivity index (χ1) is 35.5. The fraction of sp³-hybridized carbons (Fsp3) is 0.879. The molecule has 72 heavy (non-hydrogen) atoms. The Morgan fingerprint density at radius 2 is 0.694 bits per heavy atom. The van der Waals surface area contributed by atoms with Crippen LogP contribution in [-0.4, -0.2) is 47.4 Å². The predicted octanol–water partition coefficient (Wildman–Crippen LogP) is 20.4. The van der Waals surface area contributed by atoms with Crippen LogP contribution in [0.5, 0.6) is 0 Å². The number of aliphatic hydroxyl groups excluding tert-OH is 2. The van der Waals surface area contributed by atoms with Gasteiger partial charge in [0.1, 0.15) is 0 Å². The summed E-state index contributed by atoms with van der Waals surface area (Å²) in [5, 5.41) is 23.3. The summed E-state index contributed by atoms with van der Waals surface area (Å²) in [4.78, 5) is 24.5. The van der Waals surface area contributed by atoms with E-state index in [1.165, 1.54) is 263 Å². The average Bonchev–Trinajstić information content (AvgIpc) is 3.38. The predicted molar refractivity (Wildman–Crippen MR) is 315 cm³/mol. The number of hydrogen-bond acceptors (Lipinski definition) is 5. The molecule has 0 aliphatic heterocycles. The number of ether oxygens (including phenoxy) is 1. The lowest BCUT2D eigenvalue weighted by atomic mass is 10.0. The molecule has 0 aromatic rings. The van der Waals surface area contributed by atoms with Crippen molar-refractivity contribution >= 4 is 11.9 Å². The number of hydrogen-bond donors (Lipinski definition) is 3. The van der Waals surface area contributed by atoms with Gasteiger partial charge in [-0.15, -0.1) is 0 Å². The molecule has 0 saturated carbocycles. The number of carbonyl (C=O) groups is 2. The van der Waals surface area contributed by atoms with E-state index >= 15 is 0 Å². The number of unbranched alkanes of at least 4 members (excludes halogenated alkanes) is 43. The van der Waals surface area contributed by atoms with Gasteiger partial charge in [-0.05, 0) is 83.5 Å². The smallest absolute Gasteiger partial charge is 0.305 e. The molecule has 0 aromatic carbocycles. The van der Waals surface area contributed by atoms with Crippen molar-refractivity contribution in [3.8, 4) is 0 Å². The molecule has 0 aliphatic carbocycles. The molecule has 0 heterocycles. The van der Waals surface area contributed by atoms with Gasteiger partial charge in [0.15, 0.2) is 0 Å². The zero-order valence-electron chi connectivity index (χ0n) is 48.4. The van der Waals surface area contributed by atoms with Gasteiger partial charge < -0.3 is 20.3 Å². The standard InChI is InChI=1S/C66H125NO5/c1-3-5-7-9-11-13-15-17-18-32-36-40-44-48-52-56-60-66(71)72-61-57-53-49-45-41-37-33-30-28-26-24-22-20-19-21-23-25-27-29-31-35-39-43-47-51-55-59-65(70)67-63(62-68)64(69)58-54-50-46-42-38-34-16-14-12-10-8-6-4-2/h13,15,18-19,21,32,63-64,68-69H,3-12,14,16-17,20,22-31,33-62H2,1-2H3,(H,67,70)/b15-13-,21-19-,32-18-. The van der Waals surface area contributed by atoms with Crippen LogP contribution in [0.25, 0.3) is 0 Å². The molecular weight excluding hydrogens is 887 g/mol. The maximum absolute atomic E-state index is 12.5. The molecule has 0 aromatic heterocycles. The van der Waals surface area contributed by atoms with Gasteiger partial charge in [0.05, 0.1) is 25.4 Å². The first-order valence-corrected chi connectivity index (χ1v) is 32.2. The molecule has 0 fully saturated rings. The molecule has 0 radical (unpaired) electrons. The van der Waals surface area contributed by atoms with E-state index in [1.54, 1.807) is 0 Å². The molecule has 6 heteroatoms. The van der Waals surface area contributed by atoms with Crippen LogP contribution in [0.1, 0.15) is 348 Å². The largest absolute Gasteiger partial charge is 0.466 e. The van der Waals surface area contributed by atoms with E-state index in [4.69, 9.17) is 4.74 Å². The Morgan fingerprint density at radius 3 is 1.08 bits per heavy atom. The Hall–Kier alpha value is -1.92. The third kappa shape index (κ3) is 57.4. The minimum absolute atomic E-state index is 0.000937. The monoisotopic (exact) mass is 1010 g/mol. The summed E-state index contributed by atoms with van der Waals surface area (Å²) >= 11 is 0. The highest BCUT2D eigenvalue weighted by molar-refractivity contribution is 5.76. The second kappa shape index (κ2) is 61.6. The Labute approximate surface area is 449 Å². The van der Waals surface area contributed by atoms with E-state index in [0.29, 0.717) is 25.9 Å². The molecule has 3 N–H and O–H groups in total. The maximum atomic E-state index is 12.5. The van der Waals surface area contributed by atoms with E-state index in [1.807, 2.05) is 0 Å². The fourth-order valence-electron chi connectivity index (χ4n) is 9.96. The fourth-order valence-corrected chi connectivity index (χ4v) is 9.96. The van der Waals surface area contributed by atoms with Crippen LogP contribution in [0, 0.1) is 0 Å². The van der Waals surface area contributed by atoms with Gasteiger partial charge in [0, 0.05) is 12.8 Å². The summed E-state index contributed by atoms with van der Waals surface area (Å²) in [6, 6.07) is -0.542. The SMILES string of the molecule is CCCCCC/C=C\C/C=C\CCCCCCCC(=O)OCCCCCCCCCCCCCC/C=C\CCCCCCCCCCCCC(=O)NC(CO)C(O)CCCCCCCCCCCCCCC. The van der Waals surface area contributed by atoms with E-state index < -0.39 is 12.1 Å². The van der Waals surface area contributed by atoms with Gasteiger partial charge in [-0.2, -0.15) is 0 Å². The second-order valence-corrected chi connectivity index (χ2v) is 22.1. The molecule has 2 unspecified atom stereocenters. The average molecular weight is 1010 g/mol. The van der Waals surface area contributed by atoms with Crippen molar-refractivity contribution in [1.82, 2.24) is 5.32 Å². The summed E-state index contributed by atoms with van der Waals surface area (Å²) < 4.78 is 5.48. The normalized spacial score (nSPS) is 12.8. The highest BCUT2D eigenvalue weighted by Gasteiger charge is 2.20. The summed E-state index contributed by atoms with van der Waals surface area (Å²) in [5.41, 5.74) is 0. The van der Waals surface area contributed by atoms with Crippen LogP contribution >= 0.6 is 0 Å². The Kier molecular flexibility index (Phi) is 60.0. The lowest BCUT2D eigenvalue weighted by Gasteiger charge is -2.22. The lowest BCUT2D eigenvalue weighted by molar-refractivity contribution is -0.143. The summed E-state index contributed by atoms with van der Waals surface area (Å²) in [6.07, 6.45) is 77.4. The minimum Gasteiger partial charge on any atom is -0.466 e. The number of esters is 1. The van der Waals surface area contributed by atoms with E-state index in [9.17, 15) is 19.8 Å². The van der Waals surface area contributed by atoms with Crippen LogP contribution < -0.4 is 5.32 Å². The molecule has 1 amide bonds. The molecule has 0 bridgehead atoms. The number of rotatable bonds is 60. The molecule has 424 valence electrons. The Bertz CT molecular complexity index is 1170. The van der Waals surface area contributed by atoms with Gasteiger partial charge in [0.25, 0.3) is 0 Å². The third-order valence-corrected chi connectivity index (χ3v) is 14.9. The number of allylic oxidation sites excluding steroid dienone is 6. The Morgan fingerprint density at radius 1 is 0.389 bits per heavy atom. The van der Waals surface area contributed by atoms with E-state index in [0.717, 1.165) is 51.4 Å². The summed E-state index contributed by atoms with van der Waals surface area (Å²) in [6.45, 7) is 4.94. The zero-order valence-corrected chi connectivity index (χ0v) is 48.4. The van der Waals surface area contributed by atoms with Gasteiger partial charge in [0.2, 0.25) is 5.91 Å². The van der Waals surface area contributed by atoms with Crippen molar-refractivity contribution < 1.29 is 24.5 Å². The minimum atomic E-state index is -0.665. The second-order valence-electron chi connectivity index (χ2n) is 22.1. The topological polar surface area (TPSA) is 95.9 Å². The van der Waals surface area contributed by atoms with Crippen molar-refractivity contribution in [2.45, 2.75) is 360 Å². The first kappa shape index (κ1) is 70.1. The van der Waals surface area contributed by atoms with Crippen LogP contribution in [0.2, 0.25) is 0 Å².